The van der Waals surface area contributed by atoms with Gasteiger partial charge in [-0.25, -0.2) is 0 Å². The number of benzene rings is 1. The molecule has 0 spiro atoms. The van der Waals surface area contributed by atoms with Crippen molar-refractivity contribution in [1.29, 1.82) is 0 Å². The van der Waals surface area contributed by atoms with Gasteiger partial charge in [0.15, 0.2) is 0 Å². The first kappa shape index (κ1) is 23.1. The number of methoxy groups -OCH3 is 3. The molecule has 0 heterocycles. The molecule has 0 radical (unpaired) electrons. The van der Waals surface area contributed by atoms with Crippen LogP contribution in [0.3, 0.4) is 0 Å². The molecule has 0 unspecified atom stereocenters. The molecule has 0 atom stereocenters. The molecule has 0 aliphatic heterocycles. The average Bonchev–Trinajstić information content (AvgIpc) is 2.66. The van der Waals surface area contributed by atoms with Gasteiger partial charge >= 0.3 is 147 Å². The second-order valence-electron chi connectivity index (χ2n) is 6.59. The maximum absolute atomic E-state index is 5.68. The summed E-state index contributed by atoms with van der Waals surface area (Å²) in [5.74, 6) is 2.16. The summed E-state index contributed by atoms with van der Waals surface area (Å²) in [6.45, 7) is 7.90. The summed E-state index contributed by atoms with van der Waals surface area (Å²) < 4.78 is 16.8. The van der Waals surface area contributed by atoms with Gasteiger partial charge in [0.05, 0.1) is 0 Å². The van der Waals surface area contributed by atoms with Gasteiger partial charge in [-0.2, -0.15) is 0 Å². The van der Waals surface area contributed by atoms with E-state index in [9.17, 15) is 0 Å². The standard InChI is InChI=1S/C21H34BBrO3/c1-16-17(14-12-10-8-6-7-9-11-13-15-23)19(24-3)21(26-5)20(25-4)18(16)22-2/h2,6-15H2,1,3-5H3. The zero-order chi connectivity index (χ0) is 19.4. The zero-order valence-electron chi connectivity index (χ0n) is 17.0. The van der Waals surface area contributed by atoms with Gasteiger partial charge in [0.25, 0.3) is 0 Å². The number of rotatable bonds is 14. The van der Waals surface area contributed by atoms with E-state index in [4.69, 9.17) is 14.2 Å². The van der Waals surface area contributed by atoms with Crippen LogP contribution in [0.2, 0.25) is 0 Å². The summed E-state index contributed by atoms with van der Waals surface area (Å²) >= 11 is 3.49. The monoisotopic (exact) mass is 424 g/mol. The van der Waals surface area contributed by atoms with E-state index in [1.54, 1.807) is 21.3 Å². The molecule has 0 saturated carbocycles. The predicted molar refractivity (Wildman–Crippen MR) is 118 cm³/mol. The van der Waals surface area contributed by atoms with Gasteiger partial charge in [-0.15, -0.1) is 0 Å². The molecule has 0 aromatic heterocycles. The van der Waals surface area contributed by atoms with E-state index >= 15 is 0 Å². The quantitative estimate of drug-likeness (QED) is 0.243. The fraction of sp³-hybridized carbons (Fsp3) is 0.667. The first-order valence-electron chi connectivity index (χ1n) is 9.65. The molecule has 1 aromatic rings. The third-order valence-corrected chi connectivity index (χ3v) is 5.48. The van der Waals surface area contributed by atoms with Crippen LogP contribution in [0.25, 0.3) is 0 Å². The van der Waals surface area contributed by atoms with Crippen molar-refractivity contribution < 1.29 is 14.2 Å². The number of hydrogen-bond acceptors (Lipinski definition) is 3. The van der Waals surface area contributed by atoms with Gasteiger partial charge < -0.3 is 0 Å². The number of ether oxygens (including phenoxy) is 3. The molecular formula is C21H34BBrO3. The molecule has 0 N–H and O–H groups in total. The van der Waals surface area contributed by atoms with Gasteiger partial charge in [0, 0.05) is 5.33 Å². The Morgan fingerprint density at radius 3 is 1.73 bits per heavy atom. The minimum absolute atomic E-state index is 0.664. The SMILES string of the molecule is C=Bc1c(C)c(CCCCCCCCCCBr)c(OC)c(OC)c1OC. The fourth-order valence-corrected chi connectivity index (χ4v) is 3.87. The third-order valence-electron chi connectivity index (χ3n) is 4.91. The van der Waals surface area contributed by atoms with E-state index < -0.39 is 0 Å². The summed E-state index contributed by atoms with van der Waals surface area (Å²) in [5.41, 5.74) is 3.37. The van der Waals surface area contributed by atoms with Crippen molar-refractivity contribution in [2.24, 2.45) is 0 Å². The molecule has 146 valence electrons. The second-order valence-corrected chi connectivity index (χ2v) is 7.38. The van der Waals surface area contributed by atoms with E-state index in [-0.39, 0.29) is 0 Å². The number of unbranched alkanes of at least 4 members (excludes halogenated alkanes) is 7. The molecule has 0 bridgehead atoms. The molecule has 1 rings (SSSR count). The first-order chi connectivity index (χ1) is 12.7. The molecule has 26 heavy (non-hydrogen) atoms. The van der Waals surface area contributed by atoms with Crippen LogP contribution in [0, 0.1) is 6.92 Å². The molecular weight excluding hydrogens is 391 g/mol. The number of alkyl halides is 1. The number of hydrogen-bond donors (Lipinski definition) is 0. The number of halogens is 1. The maximum atomic E-state index is 5.68. The Balaban J connectivity index is 2.70. The topological polar surface area (TPSA) is 27.7 Å². The third kappa shape index (κ3) is 6.33. The Labute approximate surface area is 168 Å². The Morgan fingerprint density at radius 2 is 1.27 bits per heavy atom. The first-order valence-corrected chi connectivity index (χ1v) is 10.8. The van der Waals surface area contributed by atoms with Crippen molar-refractivity contribution >= 4 is 34.8 Å². The fourth-order valence-electron chi connectivity index (χ4n) is 3.47. The summed E-state index contributed by atoms with van der Waals surface area (Å²) in [6, 6.07) is 0. The normalized spacial score (nSPS) is 10.5. The Bertz CT molecular complexity index is 561. The summed E-state index contributed by atoms with van der Waals surface area (Å²) in [7, 11) is 5.00. The average molecular weight is 425 g/mol. The van der Waals surface area contributed by atoms with Crippen molar-refractivity contribution in [3.8, 4) is 17.2 Å². The molecule has 5 heteroatoms. The molecule has 0 amide bonds. The van der Waals surface area contributed by atoms with Crippen LogP contribution >= 0.6 is 15.9 Å². The van der Waals surface area contributed by atoms with Crippen LogP contribution in [0.5, 0.6) is 17.2 Å². The van der Waals surface area contributed by atoms with Crippen molar-refractivity contribution in [3.63, 3.8) is 0 Å². The summed E-state index contributed by atoms with van der Waals surface area (Å²) in [5, 5.41) is 1.13. The Hall–Kier alpha value is -0.965. The van der Waals surface area contributed by atoms with Crippen molar-refractivity contribution in [2.45, 2.75) is 64.7 Å². The van der Waals surface area contributed by atoms with Crippen LogP contribution in [-0.4, -0.2) is 40.0 Å². The zero-order valence-corrected chi connectivity index (χ0v) is 18.5. The van der Waals surface area contributed by atoms with Gasteiger partial charge in [0.2, 0.25) is 0 Å². The van der Waals surface area contributed by atoms with Gasteiger partial charge in [-0.05, 0) is 0 Å². The van der Waals surface area contributed by atoms with E-state index in [0.29, 0.717) is 11.5 Å². The van der Waals surface area contributed by atoms with Crippen LogP contribution in [-0.2, 0) is 6.42 Å². The molecule has 0 aliphatic rings. The van der Waals surface area contributed by atoms with Crippen molar-refractivity contribution in [1.82, 2.24) is 0 Å². The Morgan fingerprint density at radius 1 is 0.769 bits per heavy atom. The van der Waals surface area contributed by atoms with Crippen molar-refractivity contribution in [2.75, 3.05) is 26.7 Å². The predicted octanol–water partition coefficient (Wildman–Crippen LogP) is 4.84. The van der Waals surface area contributed by atoms with Gasteiger partial charge in [0.1, 0.15) is 0 Å². The van der Waals surface area contributed by atoms with Crippen LogP contribution in [0.15, 0.2) is 0 Å². The summed E-state index contributed by atoms with van der Waals surface area (Å²) in [6.07, 6.45) is 11.4. The van der Waals surface area contributed by atoms with Gasteiger partial charge in [-0.1, -0.05) is 15.9 Å². The van der Waals surface area contributed by atoms with E-state index in [2.05, 4.69) is 29.3 Å². The molecule has 0 fully saturated rings. The van der Waals surface area contributed by atoms with E-state index in [1.165, 1.54) is 56.1 Å². The van der Waals surface area contributed by atoms with Crippen LogP contribution < -0.4 is 19.7 Å². The van der Waals surface area contributed by atoms with Crippen molar-refractivity contribution in [3.05, 3.63) is 11.1 Å². The summed E-state index contributed by atoms with van der Waals surface area (Å²) in [4.78, 5) is 0. The minimum atomic E-state index is 0.664. The molecule has 3 nitrogen and oxygen atoms in total. The van der Waals surface area contributed by atoms with E-state index in [1.807, 2.05) is 6.92 Å². The Kier molecular flexibility index (Phi) is 11.8. The molecule has 0 aliphatic carbocycles. The second kappa shape index (κ2) is 13.2. The van der Waals surface area contributed by atoms with Crippen LogP contribution in [0.1, 0.15) is 62.5 Å². The molecule has 1 aromatic carbocycles. The van der Waals surface area contributed by atoms with Gasteiger partial charge in [-0.3, -0.25) is 0 Å². The molecule has 0 saturated heterocycles. The van der Waals surface area contributed by atoms with Crippen LogP contribution in [0.4, 0.5) is 0 Å². The van der Waals surface area contributed by atoms with E-state index in [0.717, 1.165) is 29.4 Å².